The van der Waals surface area contributed by atoms with Gasteiger partial charge in [0, 0.05) is 11.1 Å². The van der Waals surface area contributed by atoms with E-state index in [0.29, 0.717) is 11.1 Å². The highest BCUT2D eigenvalue weighted by atomic mass is 19.1. The Labute approximate surface area is 111 Å². The van der Waals surface area contributed by atoms with Crippen LogP contribution in [0.5, 0.6) is 0 Å². The van der Waals surface area contributed by atoms with Crippen LogP contribution in [0, 0.1) is 18.2 Å². The van der Waals surface area contributed by atoms with Crippen molar-refractivity contribution in [2.75, 3.05) is 0 Å². The summed E-state index contributed by atoms with van der Waals surface area (Å²) in [4.78, 5) is 10.9. The van der Waals surface area contributed by atoms with Gasteiger partial charge >= 0.3 is 0 Å². The number of benzene rings is 2. The van der Waals surface area contributed by atoms with Crippen LogP contribution in [0.1, 0.15) is 15.9 Å². The molecular weight excluding hydrogens is 243 g/mol. The Balaban J connectivity index is 0.000000861. The second kappa shape index (κ2) is 6.44. The van der Waals surface area contributed by atoms with Crippen LogP contribution in [0.3, 0.4) is 0 Å². The van der Waals surface area contributed by atoms with Gasteiger partial charge in [0.2, 0.25) is 5.91 Å². The molecule has 0 saturated carbocycles. The standard InChI is InChI=1S/C14H12FNO.CH3N/c1-9-2-7-12(13(15)8-9)10-3-5-11(6-4-10)14(16)17;1-2/h2-8H,1H3,(H2,16,17);2H,1H2. The summed E-state index contributed by atoms with van der Waals surface area (Å²) in [5.74, 6) is -0.752. The molecule has 0 heterocycles. The first kappa shape index (κ1) is 14.6. The molecule has 0 aliphatic rings. The molecular formula is C15H15FN2O. The second-order valence-electron chi connectivity index (χ2n) is 3.92. The Morgan fingerprint density at radius 2 is 1.74 bits per heavy atom. The lowest BCUT2D eigenvalue weighted by Crippen LogP contribution is -2.10. The number of primary amides is 1. The Bertz CT molecular complexity index is 579. The van der Waals surface area contributed by atoms with Gasteiger partial charge in [0.05, 0.1) is 0 Å². The Morgan fingerprint density at radius 1 is 1.16 bits per heavy atom. The third kappa shape index (κ3) is 3.48. The highest BCUT2D eigenvalue weighted by molar-refractivity contribution is 5.93. The minimum Gasteiger partial charge on any atom is -0.366 e. The number of hydrogen-bond donors (Lipinski definition) is 2. The van der Waals surface area contributed by atoms with Gasteiger partial charge in [-0.1, -0.05) is 24.3 Å². The molecule has 0 fully saturated rings. The van der Waals surface area contributed by atoms with Crippen LogP contribution in [0.2, 0.25) is 0 Å². The van der Waals surface area contributed by atoms with Gasteiger partial charge in [-0.25, -0.2) is 4.39 Å². The third-order valence-corrected chi connectivity index (χ3v) is 2.61. The summed E-state index contributed by atoms with van der Waals surface area (Å²) in [6, 6.07) is 11.6. The topological polar surface area (TPSA) is 66.9 Å². The van der Waals surface area contributed by atoms with Crippen LogP contribution in [-0.4, -0.2) is 12.6 Å². The zero-order chi connectivity index (χ0) is 14.4. The van der Waals surface area contributed by atoms with Gasteiger partial charge in [0.1, 0.15) is 5.82 Å². The molecule has 1 amide bonds. The minimum absolute atomic E-state index is 0.267. The molecule has 0 bridgehead atoms. The quantitative estimate of drug-likeness (QED) is 0.798. The smallest absolute Gasteiger partial charge is 0.248 e. The number of amides is 1. The molecule has 19 heavy (non-hydrogen) atoms. The molecule has 2 aromatic carbocycles. The Hall–Kier alpha value is -2.49. The largest absolute Gasteiger partial charge is 0.366 e. The molecule has 0 aliphatic carbocycles. The zero-order valence-corrected chi connectivity index (χ0v) is 10.6. The number of rotatable bonds is 2. The maximum absolute atomic E-state index is 13.7. The second-order valence-corrected chi connectivity index (χ2v) is 3.92. The molecule has 2 rings (SSSR count). The lowest BCUT2D eigenvalue weighted by molar-refractivity contribution is 0.100. The summed E-state index contributed by atoms with van der Waals surface area (Å²) in [5, 5.41) is 5.50. The van der Waals surface area contributed by atoms with Crippen molar-refractivity contribution >= 4 is 12.6 Å². The molecule has 0 unspecified atom stereocenters. The maximum atomic E-state index is 13.7. The van der Waals surface area contributed by atoms with Crippen molar-refractivity contribution in [2.45, 2.75) is 6.92 Å². The van der Waals surface area contributed by atoms with Crippen molar-refractivity contribution in [2.24, 2.45) is 5.73 Å². The average Bonchev–Trinajstić information content (AvgIpc) is 2.41. The monoisotopic (exact) mass is 258 g/mol. The van der Waals surface area contributed by atoms with Gasteiger partial charge in [-0.2, -0.15) is 0 Å². The first-order chi connectivity index (χ1) is 9.08. The molecule has 4 heteroatoms. The van der Waals surface area contributed by atoms with Crippen LogP contribution in [-0.2, 0) is 0 Å². The third-order valence-electron chi connectivity index (χ3n) is 2.61. The van der Waals surface area contributed by atoms with E-state index in [0.717, 1.165) is 11.1 Å². The molecule has 3 N–H and O–H groups in total. The van der Waals surface area contributed by atoms with E-state index < -0.39 is 5.91 Å². The summed E-state index contributed by atoms with van der Waals surface area (Å²) < 4.78 is 13.7. The number of aryl methyl sites for hydroxylation is 1. The molecule has 0 aromatic heterocycles. The van der Waals surface area contributed by atoms with Crippen molar-refractivity contribution in [3.05, 3.63) is 59.4 Å². The van der Waals surface area contributed by atoms with Crippen LogP contribution in [0.4, 0.5) is 4.39 Å². The van der Waals surface area contributed by atoms with Crippen LogP contribution >= 0.6 is 0 Å². The van der Waals surface area contributed by atoms with Gasteiger partial charge in [0.15, 0.2) is 0 Å². The lowest BCUT2D eigenvalue weighted by atomic mass is 10.0. The van der Waals surface area contributed by atoms with Crippen molar-refractivity contribution in [1.29, 1.82) is 5.41 Å². The summed E-state index contributed by atoms with van der Waals surface area (Å²) >= 11 is 0. The molecule has 0 aliphatic heterocycles. The first-order valence-electron chi connectivity index (χ1n) is 5.59. The van der Waals surface area contributed by atoms with Gasteiger partial charge in [0.25, 0.3) is 0 Å². The zero-order valence-electron chi connectivity index (χ0n) is 10.6. The summed E-state index contributed by atoms with van der Waals surface area (Å²) in [6.45, 7) is 4.34. The fraction of sp³-hybridized carbons (Fsp3) is 0.0667. The number of carbonyl (C=O) groups is 1. The fourth-order valence-corrected chi connectivity index (χ4v) is 1.67. The van der Waals surface area contributed by atoms with Crippen molar-refractivity contribution < 1.29 is 9.18 Å². The lowest BCUT2D eigenvalue weighted by Gasteiger charge is -2.05. The SMILES string of the molecule is C=N.Cc1ccc(-c2ccc(C(N)=O)cc2)c(F)c1. The van der Waals surface area contributed by atoms with Crippen LogP contribution in [0.15, 0.2) is 42.5 Å². The first-order valence-corrected chi connectivity index (χ1v) is 5.59. The molecule has 0 radical (unpaired) electrons. The summed E-state index contributed by atoms with van der Waals surface area (Å²) in [5.41, 5.74) is 7.68. The van der Waals surface area contributed by atoms with Crippen LogP contribution in [0.25, 0.3) is 11.1 Å². The summed E-state index contributed by atoms with van der Waals surface area (Å²) in [6.07, 6.45) is 0. The number of hydrogen-bond acceptors (Lipinski definition) is 2. The van der Waals surface area contributed by atoms with Gasteiger partial charge in [-0.15, -0.1) is 0 Å². The van der Waals surface area contributed by atoms with E-state index in [-0.39, 0.29) is 5.82 Å². The van der Waals surface area contributed by atoms with Crippen molar-refractivity contribution in [3.63, 3.8) is 0 Å². The van der Waals surface area contributed by atoms with Crippen molar-refractivity contribution in [1.82, 2.24) is 0 Å². The van der Waals surface area contributed by atoms with E-state index in [1.54, 1.807) is 30.3 Å². The number of halogens is 1. The van der Waals surface area contributed by atoms with Gasteiger partial charge in [-0.05, 0) is 43.0 Å². The molecule has 0 saturated heterocycles. The van der Waals surface area contributed by atoms with Crippen molar-refractivity contribution in [3.8, 4) is 11.1 Å². The molecule has 98 valence electrons. The Morgan fingerprint density at radius 3 is 2.21 bits per heavy atom. The molecule has 3 nitrogen and oxygen atoms in total. The van der Waals surface area contributed by atoms with E-state index in [4.69, 9.17) is 11.1 Å². The van der Waals surface area contributed by atoms with Gasteiger partial charge < -0.3 is 11.1 Å². The number of carbonyl (C=O) groups excluding carboxylic acids is 1. The maximum Gasteiger partial charge on any atom is 0.248 e. The summed E-state index contributed by atoms with van der Waals surface area (Å²) in [7, 11) is 0. The predicted molar refractivity (Wildman–Crippen MR) is 74.9 cm³/mol. The van der Waals surface area contributed by atoms with Gasteiger partial charge in [-0.3, -0.25) is 4.79 Å². The molecule has 0 atom stereocenters. The fourth-order valence-electron chi connectivity index (χ4n) is 1.67. The van der Waals surface area contributed by atoms with E-state index >= 15 is 0 Å². The van der Waals surface area contributed by atoms with E-state index in [9.17, 15) is 9.18 Å². The Kier molecular flexibility index (Phi) is 4.94. The van der Waals surface area contributed by atoms with Crippen LogP contribution < -0.4 is 5.73 Å². The highest BCUT2D eigenvalue weighted by Crippen LogP contribution is 2.23. The highest BCUT2D eigenvalue weighted by Gasteiger charge is 2.06. The van der Waals surface area contributed by atoms with E-state index in [1.165, 1.54) is 6.07 Å². The molecule has 2 aromatic rings. The average molecular weight is 258 g/mol. The molecule has 0 spiro atoms. The van der Waals surface area contributed by atoms with E-state index in [2.05, 4.69) is 6.72 Å². The number of nitrogens with two attached hydrogens (primary N) is 1. The normalized spacial score (nSPS) is 9.37. The minimum atomic E-state index is -0.485. The van der Waals surface area contributed by atoms with E-state index in [1.807, 2.05) is 13.0 Å². The predicted octanol–water partition coefficient (Wildman–Crippen LogP) is 3.17. The number of nitrogens with one attached hydrogen (secondary N) is 1.